The highest BCUT2D eigenvalue weighted by Crippen LogP contribution is 2.13. The molecule has 0 radical (unpaired) electrons. The van der Waals surface area contributed by atoms with Crippen LogP contribution in [0.25, 0.3) is 0 Å². The minimum atomic E-state index is -3.58. The summed E-state index contributed by atoms with van der Waals surface area (Å²) in [6.45, 7) is -0.0573. The molecule has 0 bridgehead atoms. The Hall–Kier alpha value is -1.64. The number of nitrogens with zero attached hydrogens (tertiary/aromatic N) is 2. The van der Waals surface area contributed by atoms with E-state index in [9.17, 15) is 8.42 Å². The van der Waals surface area contributed by atoms with Crippen LogP contribution in [0.15, 0.2) is 29.7 Å². The number of hydrogen-bond acceptors (Lipinski definition) is 4. The zero-order valence-corrected chi connectivity index (χ0v) is 10.6. The molecular weight excluding hydrogens is 256 g/mol. The van der Waals surface area contributed by atoms with Gasteiger partial charge in [-0.25, -0.2) is 18.1 Å². The lowest BCUT2D eigenvalue weighted by molar-refractivity contribution is 0.272. The van der Waals surface area contributed by atoms with Crippen molar-refractivity contribution in [3.05, 3.63) is 36.2 Å². The van der Waals surface area contributed by atoms with Crippen LogP contribution in [0.4, 0.5) is 0 Å². The van der Waals surface area contributed by atoms with Gasteiger partial charge in [-0.15, -0.1) is 0 Å². The van der Waals surface area contributed by atoms with Crippen molar-refractivity contribution in [2.75, 3.05) is 0 Å². The van der Waals surface area contributed by atoms with E-state index in [2.05, 4.69) is 14.7 Å². The largest absolute Gasteiger partial charge is 0.390 e. The maximum Gasteiger partial charge on any atom is 0.242 e. The van der Waals surface area contributed by atoms with Crippen molar-refractivity contribution in [1.29, 1.82) is 0 Å². The number of aryl methyl sites for hydroxylation is 1. The summed E-state index contributed by atoms with van der Waals surface area (Å²) in [6.07, 6.45) is 4.49. The lowest BCUT2D eigenvalue weighted by Crippen LogP contribution is -2.23. The molecule has 2 aromatic heterocycles. The fraction of sp³-hybridized carbons (Fsp3) is 0.300. The standard InChI is InChI=1S/C10H14N4O3S/c1-14-5-10(2-9(14)6-15)18(16,17)13-4-8-3-11-7-12-8/h2-3,5,7,13,15H,4,6H2,1H3,(H,11,12). The first-order chi connectivity index (χ1) is 8.53. The minimum absolute atomic E-state index is 0.133. The first kappa shape index (κ1) is 12.8. The van der Waals surface area contributed by atoms with Gasteiger partial charge in [0.1, 0.15) is 0 Å². The number of H-pyrrole nitrogens is 1. The Morgan fingerprint density at radius 2 is 2.33 bits per heavy atom. The molecule has 0 spiro atoms. The number of aromatic amines is 1. The molecule has 0 aliphatic rings. The van der Waals surface area contributed by atoms with Crippen LogP contribution in [-0.4, -0.2) is 28.1 Å². The van der Waals surface area contributed by atoms with Gasteiger partial charge in [0, 0.05) is 30.8 Å². The molecule has 0 saturated carbocycles. The van der Waals surface area contributed by atoms with Crippen molar-refractivity contribution in [3.8, 4) is 0 Å². The van der Waals surface area contributed by atoms with Gasteiger partial charge >= 0.3 is 0 Å². The van der Waals surface area contributed by atoms with Crippen LogP contribution in [0, 0.1) is 0 Å². The van der Waals surface area contributed by atoms with Crippen LogP contribution in [0.2, 0.25) is 0 Å². The number of aliphatic hydroxyl groups is 1. The second-order valence-corrected chi connectivity index (χ2v) is 5.60. The summed E-state index contributed by atoms with van der Waals surface area (Å²) in [5, 5.41) is 9.03. The van der Waals surface area contributed by atoms with Gasteiger partial charge in [0.05, 0.1) is 24.4 Å². The van der Waals surface area contributed by atoms with Gasteiger partial charge in [0.15, 0.2) is 0 Å². The number of imidazole rings is 1. The van der Waals surface area contributed by atoms with E-state index in [1.165, 1.54) is 18.6 Å². The molecule has 2 aromatic rings. The molecule has 0 aliphatic carbocycles. The first-order valence-corrected chi connectivity index (χ1v) is 6.74. The van der Waals surface area contributed by atoms with Gasteiger partial charge in [-0.05, 0) is 6.07 Å². The predicted octanol–water partition coefficient (Wildman–Crippen LogP) is -0.281. The number of rotatable bonds is 5. The quantitative estimate of drug-likeness (QED) is 0.695. The highest BCUT2D eigenvalue weighted by molar-refractivity contribution is 7.89. The Morgan fingerprint density at radius 3 is 2.89 bits per heavy atom. The third-order valence-electron chi connectivity index (χ3n) is 2.56. The minimum Gasteiger partial charge on any atom is -0.390 e. The zero-order valence-electron chi connectivity index (χ0n) is 9.79. The van der Waals surface area contributed by atoms with Crippen LogP contribution in [0.5, 0.6) is 0 Å². The third kappa shape index (κ3) is 2.61. The molecule has 0 atom stereocenters. The summed E-state index contributed by atoms with van der Waals surface area (Å²) >= 11 is 0. The molecule has 18 heavy (non-hydrogen) atoms. The summed E-state index contributed by atoms with van der Waals surface area (Å²) in [6, 6.07) is 1.44. The van der Waals surface area contributed by atoms with Crippen LogP contribution in [-0.2, 0) is 30.2 Å². The topological polar surface area (TPSA) is 100 Å². The van der Waals surface area contributed by atoms with Crippen LogP contribution in [0.1, 0.15) is 11.4 Å². The van der Waals surface area contributed by atoms with E-state index in [1.54, 1.807) is 17.8 Å². The Bertz CT molecular complexity index is 616. The fourth-order valence-corrected chi connectivity index (χ4v) is 2.62. The Morgan fingerprint density at radius 1 is 1.56 bits per heavy atom. The molecule has 0 aliphatic heterocycles. The molecule has 2 rings (SSSR count). The van der Waals surface area contributed by atoms with E-state index in [0.717, 1.165) is 0 Å². The number of hydrogen-bond donors (Lipinski definition) is 3. The van der Waals surface area contributed by atoms with Crippen LogP contribution in [0.3, 0.4) is 0 Å². The summed E-state index contributed by atoms with van der Waals surface area (Å²) in [7, 11) is -1.90. The SMILES string of the molecule is Cn1cc(S(=O)(=O)NCc2cnc[nH]2)cc1CO. The second kappa shape index (κ2) is 4.92. The van der Waals surface area contributed by atoms with E-state index in [0.29, 0.717) is 11.4 Å². The Balaban J connectivity index is 2.14. The van der Waals surface area contributed by atoms with Gasteiger partial charge in [0.25, 0.3) is 0 Å². The molecule has 3 N–H and O–H groups in total. The van der Waals surface area contributed by atoms with Crippen molar-refractivity contribution < 1.29 is 13.5 Å². The van der Waals surface area contributed by atoms with Crippen molar-refractivity contribution >= 4 is 10.0 Å². The predicted molar refractivity (Wildman–Crippen MR) is 63.9 cm³/mol. The molecule has 0 aromatic carbocycles. The van der Waals surface area contributed by atoms with Gasteiger partial charge in [-0.3, -0.25) is 0 Å². The van der Waals surface area contributed by atoms with Crippen molar-refractivity contribution in [2.45, 2.75) is 18.0 Å². The normalized spacial score (nSPS) is 11.9. The molecule has 7 nitrogen and oxygen atoms in total. The van der Waals surface area contributed by atoms with Crippen LogP contribution >= 0.6 is 0 Å². The highest BCUT2D eigenvalue weighted by atomic mass is 32.2. The van der Waals surface area contributed by atoms with E-state index in [1.807, 2.05) is 0 Å². The summed E-state index contributed by atoms with van der Waals surface area (Å²) in [5.41, 5.74) is 1.22. The molecule has 0 fully saturated rings. The lowest BCUT2D eigenvalue weighted by atomic mass is 10.5. The second-order valence-electron chi connectivity index (χ2n) is 3.84. The van der Waals surface area contributed by atoms with Gasteiger partial charge in [-0.1, -0.05) is 0 Å². The third-order valence-corrected chi connectivity index (χ3v) is 3.93. The Kier molecular flexibility index (Phi) is 3.50. The monoisotopic (exact) mass is 270 g/mol. The lowest BCUT2D eigenvalue weighted by Gasteiger charge is -2.02. The summed E-state index contributed by atoms with van der Waals surface area (Å²) in [4.78, 5) is 6.74. The van der Waals surface area contributed by atoms with Gasteiger partial charge in [-0.2, -0.15) is 0 Å². The molecule has 0 unspecified atom stereocenters. The number of aliphatic hydroxyl groups excluding tert-OH is 1. The summed E-state index contributed by atoms with van der Waals surface area (Å²) < 4.78 is 28.0. The van der Waals surface area contributed by atoms with Crippen molar-refractivity contribution in [2.24, 2.45) is 7.05 Å². The average Bonchev–Trinajstić information content (AvgIpc) is 2.95. The molecule has 2 heterocycles. The smallest absolute Gasteiger partial charge is 0.242 e. The van der Waals surface area contributed by atoms with E-state index >= 15 is 0 Å². The van der Waals surface area contributed by atoms with E-state index in [4.69, 9.17) is 5.11 Å². The number of aromatic nitrogens is 3. The highest BCUT2D eigenvalue weighted by Gasteiger charge is 2.17. The maximum atomic E-state index is 12.0. The summed E-state index contributed by atoms with van der Waals surface area (Å²) in [5.74, 6) is 0. The maximum absolute atomic E-state index is 12.0. The molecule has 0 saturated heterocycles. The van der Waals surface area contributed by atoms with E-state index < -0.39 is 10.0 Å². The van der Waals surface area contributed by atoms with Gasteiger partial charge < -0.3 is 14.7 Å². The number of sulfonamides is 1. The van der Waals surface area contributed by atoms with Crippen molar-refractivity contribution in [3.63, 3.8) is 0 Å². The fourth-order valence-electron chi connectivity index (χ4n) is 1.52. The van der Waals surface area contributed by atoms with E-state index in [-0.39, 0.29) is 18.0 Å². The first-order valence-electron chi connectivity index (χ1n) is 5.26. The zero-order chi connectivity index (χ0) is 13.2. The molecule has 8 heteroatoms. The Labute approximate surface area is 105 Å². The van der Waals surface area contributed by atoms with Gasteiger partial charge in [0.2, 0.25) is 10.0 Å². The number of nitrogens with one attached hydrogen (secondary N) is 2. The molecule has 98 valence electrons. The van der Waals surface area contributed by atoms with Crippen LogP contribution < -0.4 is 4.72 Å². The van der Waals surface area contributed by atoms with Crippen molar-refractivity contribution in [1.82, 2.24) is 19.3 Å². The molecular formula is C10H14N4O3S. The average molecular weight is 270 g/mol. The molecule has 0 amide bonds.